The lowest BCUT2D eigenvalue weighted by Gasteiger charge is -2.13. The number of fused-ring (bicyclic) bond motifs is 1. The number of hydrogen-bond acceptors (Lipinski definition) is 3. The van der Waals surface area contributed by atoms with Gasteiger partial charge < -0.3 is 5.32 Å². The van der Waals surface area contributed by atoms with Gasteiger partial charge in [0, 0.05) is 13.1 Å². The van der Waals surface area contributed by atoms with Gasteiger partial charge in [0.15, 0.2) is 0 Å². The molecule has 0 radical (unpaired) electrons. The van der Waals surface area contributed by atoms with Crippen molar-refractivity contribution in [2.24, 2.45) is 0 Å². The molecule has 1 N–H and O–H groups in total. The van der Waals surface area contributed by atoms with Gasteiger partial charge in [-0.15, -0.1) is 0 Å². The predicted molar refractivity (Wildman–Crippen MR) is 69.6 cm³/mol. The molecule has 0 unspecified atom stereocenters. The molecular weight excluding hydrogens is 228 g/mol. The van der Waals surface area contributed by atoms with Crippen molar-refractivity contribution in [1.82, 2.24) is 10.2 Å². The van der Waals surface area contributed by atoms with E-state index in [1.165, 1.54) is 4.90 Å². The van der Waals surface area contributed by atoms with Crippen molar-refractivity contribution in [2.45, 2.75) is 19.8 Å². The number of nitrogens with one attached hydrogen (secondary N) is 1. The molecule has 4 heteroatoms. The first-order valence-electron chi connectivity index (χ1n) is 6.41. The second-order valence-corrected chi connectivity index (χ2v) is 4.41. The van der Waals surface area contributed by atoms with Crippen LogP contribution in [-0.4, -0.2) is 36.3 Å². The van der Waals surface area contributed by atoms with Crippen LogP contribution >= 0.6 is 0 Å². The normalized spacial score (nSPS) is 14.2. The van der Waals surface area contributed by atoms with Crippen molar-refractivity contribution in [3.8, 4) is 0 Å². The van der Waals surface area contributed by atoms with Crippen molar-refractivity contribution in [2.75, 3.05) is 19.6 Å². The molecule has 0 atom stereocenters. The molecule has 0 saturated heterocycles. The van der Waals surface area contributed by atoms with E-state index in [0.717, 1.165) is 19.4 Å². The van der Waals surface area contributed by atoms with Crippen molar-refractivity contribution >= 4 is 11.8 Å². The highest BCUT2D eigenvalue weighted by Crippen LogP contribution is 2.21. The van der Waals surface area contributed by atoms with Gasteiger partial charge in [-0.1, -0.05) is 25.5 Å². The molecule has 1 aromatic rings. The van der Waals surface area contributed by atoms with Gasteiger partial charge in [-0.25, -0.2) is 0 Å². The Labute approximate surface area is 107 Å². The van der Waals surface area contributed by atoms with Crippen molar-refractivity contribution in [1.29, 1.82) is 0 Å². The minimum absolute atomic E-state index is 0.173. The molecule has 0 aliphatic carbocycles. The standard InChI is InChI=1S/C14H18N2O2/c1-2-3-8-15-9-10-16-13(17)11-6-4-5-7-12(11)14(16)18/h4-7,15H,2-3,8-10H2,1H3. The zero-order chi connectivity index (χ0) is 13.0. The van der Waals surface area contributed by atoms with Crippen LogP contribution < -0.4 is 5.32 Å². The zero-order valence-corrected chi connectivity index (χ0v) is 10.6. The predicted octanol–water partition coefficient (Wildman–Crippen LogP) is 1.67. The number of imide groups is 1. The first-order chi connectivity index (χ1) is 8.75. The number of rotatable bonds is 6. The maximum Gasteiger partial charge on any atom is 0.261 e. The molecule has 2 amide bonds. The van der Waals surface area contributed by atoms with Crippen LogP contribution in [0.3, 0.4) is 0 Å². The van der Waals surface area contributed by atoms with Crippen LogP contribution in [0.5, 0.6) is 0 Å². The lowest BCUT2D eigenvalue weighted by molar-refractivity contribution is 0.0655. The number of carbonyl (C=O) groups excluding carboxylic acids is 2. The lowest BCUT2D eigenvalue weighted by Crippen LogP contribution is -2.36. The summed E-state index contributed by atoms with van der Waals surface area (Å²) in [5, 5.41) is 3.23. The fraction of sp³-hybridized carbons (Fsp3) is 0.429. The summed E-state index contributed by atoms with van der Waals surface area (Å²) in [5.41, 5.74) is 1.05. The first-order valence-corrected chi connectivity index (χ1v) is 6.41. The van der Waals surface area contributed by atoms with E-state index in [0.29, 0.717) is 24.2 Å². The molecule has 1 heterocycles. The number of unbranched alkanes of at least 4 members (excludes halogenated alkanes) is 1. The molecule has 4 nitrogen and oxygen atoms in total. The Morgan fingerprint density at radius 2 is 1.67 bits per heavy atom. The zero-order valence-electron chi connectivity index (χ0n) is 10.6. The SMILES string of the molecule is CCCCNCCN1C(=O)c2ccccc2C1=O. The molecule has 0 bridgehead atoms. The van der Waals surface area contributed by atoms with E-state index in [4.69, 9.17) is 0 Å². The van der Waals surface area contributed by atoms with Gasteiger partial charge in [-0.2, -0.15) is 0 Å². The van der Waals surface area contributed by atoms with E-state index in [2.05, 4.69) is 12.2 Å². The number of nitrogens with zero attached hydrogens (tertiary/aromatic N) is 1. The summed E-state index contributed by atoms with van der Waals surface area (Å²) in [6.07, 6.45) is 2.25. The average Bonchev–Trinajstić information content (AvgIpc) is 2.64. The third kappa shape index (κ3) is 2.43. The summed E-state index contributed by atoms with van der Waals surface area (Å²) in [6.45, 7) is 4.16. The minimum atomic E-state index is -0.173. The summed E-state index contributed by atoms with van der Waals surface area (Å²) in [5.74, 6) is -0.346. The Morgan fingerprint density at radius 1 is 1.06 bits per heavy atom. The molecule has 2 rings (SSSR count). The van der Waals surface area contributed by atoms with Crippen LogP contribution in [0.2, 0.25) is 0 Å². The molecule has 0 spiro atoms. The molecule has 0 aromatic heterocycles. The van der Waals surface area contributed by atoms with Crippen LogP contribution in [0.25, 0.3) is 0 Å². The van der Waals surface area contributed by atoms with Gasteiger partial charge in [0.1, 0.15) is 0 Å². The number of amides is 2. The van der Waals surface area contributed by atoms with Crippen LogP contribution in [0.4, 0.5) is 0 Å². The molecule has 0 saturated carbocycles. The number of carbonyl (C=O) groups is 2. The molecule has 0 fully saturated rings. The summed E-state index contributed by atoms with van der Waals surface area (Å²) >= 11 is 0. The summed E-state index contributed by atoms with van der Waals surface area (Å²) in [4.78, 5) is 25.3. The highest BCUT2D eigenvalue weighted by atomic mass is 16.2. The Kier molecular flexibility index (Phi) is 4.10. The molecular formula is C14H18N2O2. The van der Waals surface area contributed by atoms with E-state index >= 15 is 0 Å². The Morgan fingerprint density at radius 3 is 2.22 bits per heavy atom. The third-order valence-electron chi connectivity index (χ3n) is 3.10. The van der Waals surface area contributed by atoms with Gasteiger partial charge >= 0.3 is 0 Å². The fourth-order valence-corrected chi connectivity index (χ4v) is 2.06. The van der Waals surface area contributed by atoms with Crippen molar-refractivity contribution in [3.63, 3.8) is 0 Å². The van der Waals surface area contributed by atoms with Crippen molar-refractivity contribution in [3.05, 3.63) is 35.4 Å². The van der Waals surface area contributed by atoms with Gasteiger partial charge in [0.05, 0.1) is 11.1 Å². The minimum Gasteiger partial charge on any atom is -0.315 e. The fourth-order valence-electron chi connectivity index (χ4n) is 2.06. The Balaban J connectivity index is 1.93. The van der Waals surface area contributed by atoms with Gasteiger partial charge in [-0.3, -0.25) is 14.5 Å². The summed E-state index contributed by atoms with van der Waals surface area (Å²) in [6, 6.07) is 6.99. The molecule has 18 heavy (non-hydrogen) atoms. The largest absolute Gasteiger partial charge is 0.315 e. The second-order valence-electron chi connectivity index (χ2n) is 4.41. The third-order valence-corrected chi connectivity index (χ3v) is 3.10. The average molecular weight is 246 g/mol. The molecule has 96 valence electrons. The van der Waals surface area contributed by atoms with Gasteiger partial charge in [0.2, 0.25) is 0 Å². The van der Waals surface area contributed by atoms with Crippen LogP contribution in [-0.2, 0) is 0 Å². The summed E-state index contributed by atoms with van der Waals surface area (Å²) in [7, 11) is 0. The van der Waals surface area contributed by atoms with Crippen LogP contribution in [0.1, 0.15) is 40.5 Å². The first kappa shape index (κ1) is 12.8. The lowest BCUT2D eigenvalue weighted by atomic mass is 10.1. The number of hydrogen-bond donors (Lipinski definition) is 1. The quantitative estimate of drug-likeness (QED) is 0.613. The van der Waals surface area contributed by atoms with Crippen LogP contribution in [0.15, 0.2) is 24.3 Å². The topological polar surface area (TPSA) is 49.4 Å². The maximum atomic E-state index is 12.0. The summed E-state index contributed by atoms with van der Waals surface area (Å²) < 4.78 is 0. The maximum absolute atomic E-state index is 12.0. The molecule has 1 aromatic carbocycles. The van der Waals surface area contributed by atoms with Gasteiger partial charge in [-0.05, 0) is 25.1 Å². The molecule has 1 aliphatic heterocycles. The Bertz CT molecular complexity index is 422. The van der Waals surface area contributed by atoms with E-state index < -0.39 is 0 Å². The van der Waals surface area contributed by atoms with Gasteiger partial charge in [0.25, 0.3) is 11.8 Å². The number of benzene rings is 1. The highest BCUT2D eigenvalue weighted by Gasteiger charge is 2.34. The Hall–Kier alpha value is -1.68. The van der Waals surface area contributed by atoms with E-state index in [1.807, 2.05) is 0 Å². The van der Waals surface area contributed by atoms with E-state index in [-0.39, 0.29) is 11.8 Å². The van der Waals surface area contributed by atoms with E-state index in [9.17, 15) is 9.59 Å². The van der Waals surface area contributed by atoms with E-state index in [1.54, 1.807) is 24.3 Å². The highest BCUT2D eigenvalue weighted by molar-refractivity contribution is 6.21. The smallest absolute Gasteiger partial charge is 0.261 e. The second kappa shape index (κ2) is 5.78. The van der Waals surface area contributed by atoms with Crippen LogP contribution in [0, 0.1) is 0 Å². The molecule has 1 aliphatic rings. The van der Waals surface area contributed by atoms with Crippen molar-refractivity contribution < 1.29 is 9.59 Å². The monoisotopic (exact) mass is 246 g/mol.